The first-order chi connectivity index (χ1) is 7.56. The highest BCUT2D eigenvalue weighted by Crippen LogP contribution is 2.16. The Morgan fingerprint density at radius 1 is 1.38 bits per heavy atom. The maximum Gasteiger partial charge on any atom is 0.253 e. The van der Waals surface area contributed by atoms with Crippen LogP contribution in [0.25, 0.3) is 0 Å². The zero-order valence-electron chi connectivity index (χ0n) is 9.68. The number of carbonyl (C=O) groups is 1. The molecule has 1 unspecified atom stereocenters. The molecule has 0 aliphatic rings. The lowest BCUT2D eigenvalue weighted by Gasteiger charge is -2.12. The standard InChI is InChI=1S/C12H18N2O2/c1-14(2)12(16)10-5-3-9(4-6-10)11(15)7-8-13/h3-6,11,15H,7-8,13H2,1-2H3. The van der Waals surface area contributed by atoms with E-state index in [9.17, 15) is 9.90 Å². The van der Waals surface area contributed by atoms with E-state index in [2.05, 4.69) is 0 Å². The largest absolute Gasteiger partial charge is 0.388 e. The smallest absolute Gasteiger partial charge is 0.253 e. The molecule has 0 saturated carbocycles. The molecule has 16 heavy (non-hydrogen) atoms. The molecule has 1 amide bonds. The Labute approximate surface area is 95.7 Å². The van der Waals surface area contributed by atoms with Gasteiger partial charge in [-0.25, -0.2) is 0 Å². The van der Waals surface area contributed by atoms with Crippen LogP contribution >= 0.6 is 0 Å². The first-order valence-electron chi connectivity index (χ1n) is 5.26. The van der Waals surface area contributed by atoms with E-state index >= 15 is 0 Å². The van der Waals surface area contributed by atoms with Gasteiger partial charge in [0.05, 0.1) is 6.10 Å². The zero-order valence-corrected chi connectivity index (χ0v) is 9.68. The van der Waals surface area contributed by atoms with Crippen LogP contribution in [0, 0.1) is 0 Å². The molecule has 0 radical (unpaired) electrons. The van der Waals surface area contributed by atoms with Gasteiger partial charge in [-0.2, -0.15) is 0 Å². The molecule has 88 valence electrons. The Balaban J connectivity index is 2.79. The van der Waals surface area contributed by atoms with Gasteiger partial charge >= 0.3 is 0 Å². The third kappa shape index (κ3) is 3.05. The summed E-state index contributed by atoms with van der Waals surface area (Å²) in [6.45, 7) is 0.444. The lowest BCUT2D eigenvalue weighted by Crippen LogP contribution is -2.21. The molecule has 0 aliphatic heterocycles. The molecule has 4 nitrogen and oxygen atoms in total. The predicted octanol–water partition coefficient (Wildman–Crippen LogP) is 0.771. The third-order valence-corrected chi connectivity index (χ3v) is 2.39. The number of amides is 1. The molecule has 0 spiro atoms. The van der Waals surface area contributed by atoms with E-state index < -0.39 is 6.10 Å². The quantitative estimate of drug-likeness (QED) is 0.790. The number of rotatable bonds is 4. The van der Waals surface area contributed by atoms with Gasteiger partial charge in [-0.3, -0.25) is 4.79 Å². The second kappa shape index (κ2) is 5.63. The first-order valence-corrected chi connectivity index (χ1v) is 5.26. The van der Waals surface area contributed by atoms with Crippen LogP contribution in [-0.2, 0) is 0 Å². The summed E-state index contributed by atoms with van der Waals surface area (Å²) in [4.78, 5) is 13.1. The maximum atomic E-state index is 11.6. The number of carbonyl (C=O) groups excluding carboxylic acids is 1. The summed E-state index contributed by atoms with van der Waals surface area (Å²) in [5.74, 6) is -0.0418. The second-order valence-corrected chi connectivity index (χ2v) is 3.91. The third-order valence-electron chi connectivity index (χ3n) is 2.39. The predicted molar refractivity (Wildman–Crippen MR) is 63.1 cm³/mol. The van der Waals surface area contributed by atoms with Crippen LogP contribution in [0.4, 0.5) is 0 Å². The molecule has 1 rings (SSSR count). The number of nitrogens with two attached hydrogens (primary N) is 1. The van der Waals surface area contributed by atoms with Crippen molar-refractivity contribution in [2.75, 3.05) is 20.6 Å². The highest BCUT2D eigenvalue weighted by molar-refractivity contribution is 5.93. The Kier molecular flexibility index (Phi) is 4.46. The molecule has 0 saturated heterocycles. The van der Waals surface area contributed by atoms with Crippen LogP contribution in [0.15, 0.2) is 24.3 Å². The van der Waals surface area contributed by atoms with Crippen molar-refractivity contribution in [3.8, 4) is 0 Å². The van der Waals surface area contributed by atoms with Gasteiger partial charge < -0.3 is 15.7 Å². The summed E-state index contributed by atoms with van der Waals surface area (Å²) < 4.78 is 0. The number of hydrogen-bond acceptors (Lipinski definition) is 3. The molecule has 0 heterocycles. The molecular weight excluding hydrogens is 204 g/mol. The van der Waals surface area contributed by atoms with E-state index in [1.165, 1.54) is 4.90 Å². The Morgan fingerprint density at radius 2 is 1.94 bits per heavy atom. The molecule has 0 aromatic heterocycles. The van der Waals surface area contributed by atoms with Gasteiger partial charge in [-0.1, -0.05) is 12.1 Å². The normalized spacial score (nSPS) is 12.2. The van der Waals surface area contributed by atoms with Crippen LogP contribution in [0.2, 0.25) is 0 Å². The van der Waals surface area contributed by atoms with Crippen molar-refractivity contribution in [1.82, 2.24) is 4.90 Å². The van der Waals surface area contributed by atoms with Gasteiger partial charge in [0.15, 0.2) is 0 Å². The Morgan fingerprint density at radius 3 is 2.38 bits per heavy atom. The van der Waals surface area contributed by atoms with E-state index in [4.69, 9.17) is 5.73 Å². The molecule has 0 fully saturated rings. The van der Waals surface area contributed by atoms with Crippen molar-refractivity contribution in [3.63, 3.8) is 0 Å². The van der Waals surface area contributed by atoms with Gasteiger partial charge in [0.25, 0.3) is 5.91 Å². The zero-order chi connectivity index (χ0) is 12.1. The SMILES string of the molecule is CN(C)C(=O)c1ccc(C(O)CCN)cc1. The van der Waals surface area contributed by atoms with Crippen molar-refractivity contribution in [3.05, 3.63) is 35.4 Å². The monoisotopic (exact) mass is 222 g/mol. The summed E-state index contributed by atoms with van der Waals surface area (Å²) >= 11 is 0. The summed E-state index contributed by atoms with van der Waals surface area (Å²) in [7, 11) is 3.42. The van der Waals surface area contributed by atoms with Crippen LogP contribution in [0.1, 0.15) is 28.4 Å². The van der Waals surface area contributed by atoms with Crippen LogP contribution in [0.5, 0.6) is 0 Å². The fraction of sp³-hybridized carbons (Fsp3) is 0.417. The topological polar surface area (TPSA) is 66.6 Å². The summed E-state index contributed by atoms with van der Waals surface area (Å²) in [6, 6.07) is 6.96. The van der Waals surface area contributed by atoms with Crippen LogP contribution in [-0.4, -0.2) is 36.6 Å². The number of aliphatic hydroxyl groups excluding tert-OH is 1. The van der Waals surface area contributed by atoms with Gasteiger partial charge in [-0.15, -0.1) is 0 Å². The average Bonchev–Trinajstić information content (AvgIpc) is 2.28. The average molecular weight is 222 g/mol. The number of hydrogen-bond donors (Lipinski definition) is 2. The van der Waals surface area contributed by atoms with E-state index in [1.54, 1.807) is 38.4 Å². The molecule has 3 N–H and O–H groups in total. The van der Waals surface area contributed by atoms with E-state index in [-0.39, 0.29) is 5.91 Å². The Hall–Kier alpha value is -1.39. The van der Waals surface area contributed by atoms with E-state index in [0.717, 1.165) is 5.56 Å². The van der Waals surface area contributed by atoms with E-state index in [0.29, 0.717) is 18.5 Å². The lowest BCUT2D eigenvalue weighted by atomic mass is 10.0. The van der Waals surface area contributed by atoms with Crippen molar-refractivity contribution in [2.24, 2.45) is 5.73 Å². The summed E-state index contributed by atoms with van der Waals surface area (Å²) in [5.41, 5.74) is 6.78. The highest BCUT2D eigenvalue weighted by Gasteiger charge is 2.10. The summed E-state index contributed by atoms with van der Waals surface area (Å²) in [6.07, 6.45) is -0.0189. The minimum Gasteiger partial charge on any atom is -0.388 e. The molecule has 4 heteroatoms. The maximum absolute atomic E-state index is 11.6. The lowest BCUT2D eigenvalue weighted by molar-refractivity contribution is 0.0827. The van der Waals surface area contributed by atoms with Crippen LogP contribution in [0.3, 0.4) is 0 Å². The molecule has 1 aromatic carbocycles. The molecule has 0 bridgehead atoms. The van der Waals surface area contributed by atoms with Crippen LogP contribution < -0.4 is 5.73 Å². The first kappa shape index (κ1) is 12.7. The van der Waals surface area contributed by atoms with E-state index in [1.807, 2.05) is 0 Å². The van der Waals surface area contributed by atoms with Gasteiger partial charge in [0, 0.05) is 19.7 Å². The van der Waals surface area contributed by atoms with Gasteiger partial charge in [-0.05, 0) is 30.7 Å². The van der Waals surface area contributed by atoms with Crippen molar-refractivity contribution >= 4 is 5.91 Å². The fourth-order valence-electron chi connectivity index (χ4n) is 1.43. The molecule has 1 aromatic rings. The number of aliphatic hydroxyl groups is 1. The molecular formula is C12H18N2O2. The van der Waals surface area contributed by atoms with Gasteiger partial charge in [0.2, 0.25) is 0 Å². The minimum atomic E-state index is -0.548. The second-order valence-electron chi connectivity index (χ2n) is 3.91. The van der Waals surface area contributed by atoms with Gasteiger partial charge in [0.1, 0.15) is 0 Å². The molecule has 0 aliphatic carbocycles. The Bertz CT molecular complexity index is 347. The number of nitrogens with zero attached hydrogens (tertiary/aromatic N) is 1. The fourth-order valence-corrected chi connectivity index (χ4v) is 1.43. The highest BCUT2D eigenvalue weighted by atomic mass is 16.3. The summed E-state index contributed by atoms with van der Waals surface area (Å²) in [5, 5.41) is 9.68. The van der Waals surface area contributed by atoms with Crippen molar-refractivity contribution in [1.29, 1.82) is 0 Å². The molecule has 1 atom stereocenters. The van der Waals surface area contributed by atoms with Crippen molar-refractivity contribution < 1.29 is 9.90 Å². The number of benzene rings is 1. The minimum absolute atomic E-state index is 0.0418. The van der Waals surface area contributed by atoms with Crippen molar-refractivity contribution in [2.45, 2.75) is 12.5 Å².